The number of hydrogen-bond acceptors (Lipinski definition) is 3. The van der Waals surface area contributed by atoms with Gasteiger partial charge in [0, 0.05) is 11.6 Å². The molecule has 0 aliphatic carbocycles. The van der Waals surface area contributed by atoms with Crippen LogP contribution in [0, 0.1) is 0 Å². The predicted octanol–water partition coefficient (Wildman–Crippen LogP) is 2.99. The standard InChI is InChI=1S/C10H12N2S/c1-10(2,3)9-12-7-6-11-5-4-8(7)13-9/h4-6H,1-3H3. The highest BCUT2D eigenvalue weighted by Gasteiger charge is 2.18. The lowest BCUT2D eigenvalue weighted by Crippen LogP contribution is -2.09. The number of thiazole rings is 1. The van der Waals surface area contributed by atoms with Gasteiger partial charge in [-0.05, 0) is 6.07 Å². The SMILES string of the molecule is CC(C)(C)c1nc2cnccc2s1. The van der Waals surface area contributed by atoms with Crippen LogP contribution < -0.4 is 0 Å². The van der Waals surface area contributed by atoms with Crippen LogP contribution >= 0.6 is 11.3 Å². The number of fused-ring (bicyclic) bond motifs is 1. The van der Waals surface area contributed by atoms with E-state index >= 15 is 0 Å². The summed E-state index contributed by atoms with van der Waals surface area (Å²) in [6.45, 7) is 6.54. The lowest BCUT2D eigenvalue weighted by molar-refractivity contribution is 0.587. The van der Waals surface area contributed by atoms with E-state index in [-0.39, 0.29) is 5.41 Å². The zero-order chi connectivity index (χ0) is 9.47. The van der Waals surface area contributed by atoms with E-state index in [1.807, 2.05) is 18.5 Å². The highest BCUT2D eigenvalue weighted by molar-refractivity contribution is 7.18. The van der Waals surface area contributed by atoms with Crippen LogP contribution in [0.2, 0.25) is 0 Å². The fourth-order valence-corrected chi connectivity index (χ4v) is 2.09. The van der Waals surface area contributed by atoms with Gasteiger partial charge in [0.05, 0.1) is 21.4 Å². The second kappa shape index (κ2) is 2.77. The smallest absolute Gasteiger partial charge is 0.0998 e. The van der Waals surface area contributed by atoms with E-state index in [4.69, 9.17) is 0 Å². The van der Waals surface area contributed by atoms with E-state index in [1.54, 1.807) is 11.3 Å². The molecule has 3 heteroatoms. The number of pyridine rings is 1. The summed E-state index contributed by atoms with van der Waals surface area (Å²) >= 11 is 1.75. The Labute approximate surface area is 81.7 Å². The van der Waals surface area contributed by atoms with Crippen molar-refractivity contribution in [3.05, 3.63) is 23.5 Å². The van der Waals surface area contributed by atoms with Crippen molar-refractivity contribution in [1.29, 1.82) is 0 Å². The molecule has 2 aromatic heterocycles. The van der Waals surface area contributed by atoms with Gasteiger partial charge in [0.15, 0.2) is 0 Å². The van der Waals surface area contributed by atoms with Gasteiger partial charge in [0.1, 0.15) is 0 Å². The summed E-state index contributed by atoms with van der Waals surface area (Å²) in [7, 11) is 0. The Morgan fingerprint density at radius 3 is 2.69 bits per heavy atom. The van der Waals surface area contributed by atoms with Gasteiger partial charge < -0.3 is 0 Å². The average molecular weight is 192 g/mol. The first kappa shape index (κ1) is 8.63. The van der Waals surface area contributed by atoms with Crippen LogP contribution in [0.25, 0.3) is 10.2 Å². The quantitative estimate of drug-likeness (QED) is 0.641. The zero-order valence-electron chi connectivity index (χ0n) is 8.03. The van der Waals surface area contributed by atoms with E-state index in [1.165, 1.54) is 9.71 Å². The largest absolute Gasteiger partial charge is 0.262 e. The maximum absolute atomic E-state index is 4.54. The summed E-state index contributed by atoms with van der Waals surface area (Å²) in [5, 5.41) is 1.18. The molecule has 2 nitrogen and oxygen atoms in total. The van der Waals surface area contributed by atoms with Crippen molar-refractivity contribution in [2.45, 2.75) is 26.2 Å². The van der Waals surface area contributed by atoms with Crippen LogP contribution in [0.1, 0.15) is 25.8 Å². The first-order valence-electron chi connectivity index (χ1n) is 4.28. The predicted molar refractivity (Wildman–Crippen MR) is 56.1 cm³/mol. The van der Waals surface area contributed by atoms with Gasteiger partial charge in [-0.25, -0.2) is 4.98 Å². The molecule has 0 spiro atoms. The van der Waals surface area contributed by atoms with Gasteiger partial charge in [-0.15, -0.1) is 11.3 Å². The highest BCUT2D eigenvalue weighted by atomic mass is 32.1. The summed E-state index contributed by atoms with van der Waals surface area (Å²) < 4.78 is 1.22. The topological polar surface area (TPSA) is 25.8 Å². The third kappa shape index (κ3) is 1.56. The molecule has 0 amide bonds. The molecule has 0 N–H and O–H groups in total. The lowest BCUT2D eigenvalue weighted by Gasteiger charge is -2.13. The van der Waals surface area contributed by atoms with E-state index in [9.17, 15) is 0 Å². The molecule has 0 atom stereocenters. The van der Waals surface area contributed by atoms with Crippen molar-refractivity contribution >= 4 is 21.6 Å². The molecule has 0 aromatic carbocycles. The van der Waals surface area contributed by atoms with Gasteiger partial charge in [0.2, 0.25) is 0 Å². The molecule has 68 valence electrons. The monoisotopic (exact) mass is 192 g/mol. The van der Waals surface area contributed by atoms with Crippen molar-refractivity contribution in [1.82, 2.24) is 9.97 Å². The molecule has 0 aliphatic heterocycles. The van der Waals surface area contributed by atoms with Gasteiger partial charge in [-0.3, -0.25) is 4.98 Å². The van der Waals surface area contributed by atoms with Crippen molar-refractivity contribution in [3.63, 3.8) is 0 Å². The molecular weight excluding hydrogens is 180 g/mol. The van der Waals surface area contributed by atoms with Crippen LogP contribution in [0.4, 0.5) is 0 Å². The zero-order valence-corrected chi connectivity index (χ0v) is 8.85. The fourth-order valence-electron chi connectivity index (χ4n) is 1.10. The van der Waals surface area contributed by atoms with Gasteiger partial charge in [-0.2, -0.15) is 0 Å². The lowest BCUT2D eigenvalue weighted by atomic mass is 9.98. The molecule has 0 saturated carbocycles. The summed E-state index contributed by atoms with van der Waals surface area (Å²) in [5.74, 6) is 0. The Hall–Kier alpha value is -0.960. The minimum atomic E-state index is 0.143. The van der Waals surface area contributed by atoms with E-state index in [0.717, 1.165) is 5.52 Å². The number of nitrogens with zero attached hydrogens (tertiary/aromatic N) is 2. The number of rotatable bonds is 0. The van der Waals surface area contributed by atoms with Gasteiger partial charge in [-0.1, -0.05) is 20.8 Å². The number of aromatic nitrogens is 2. The minimum Gasteiger partial charge on any atom is -0.262 e. The fraction of sp³-hybridized carbons (Fsp3) is 0.400. The number of hydrogen-bond donors (Lipinski definition) is 0. The van der Waals surface area contributed by atoms with Crippen LogP contribution in [0.5, 0.6) is 0 Å². The normalized spacial score (nSPS) is 12.2. The molecule has 0 fully saturated rings. The first-order valence-corrected chi connectivity index (χ1v) is 5.10. The second-order valence-electron chi connectivity index (χ2n) is 4.11. The van der Waals surface area contributed by atoms with E-state index in [2.05, 4.69) is 30.7 Å². The van der Waals surface area contributed by atoms with Crippen molar-refractivity contribution in [3.8, 4) is 0 Å². The maximum atomic E-state index is 4.54. The van der Waals surface area contributed by atoms with Crippen molar-refractivity contribution < 1.29 is 0 Å². The van der Waals surface area contributed by atoms with Crippen LogP contribution in [-0.4, -0.2) is 9.97 Å². The molecular formula is C10H12N2S. The van der Waals surface area contributed by atoms with E-state index < -0.39 is 0 Å². The van der Waals surface area contributed by atoms with Gasteiger partial charge in [0.25, 0.3) is 0 Å². The van der Waals surface area contributed by atoms with Crippen LogP contribution in [0.3, 0.4) is 0 Å². The Balaban J connectivity index is 2.63. The molecule has 0 aliphatic rings. The third-order valence-electron chi connectivity index (χ3n) is 1.83. The van der Waals surface area contributed by atoms with E-state index in [0.29, 0.717) is 0 Å². The summed E-state index contributed by atoms with van der Waals surface area (Å²) in [6, 6.07) is 2.02. The van der Waals surface area contributed by atoms with Crippen LogP contribution in [-0.2, 0) is 5.41 Å². The Kier molecular flexibility index (Phi) is 1.84. The Bertz CT molecular complexity index is 393. The average Bonchev–Trinajstić information content (AvgIpc) is 2.45. The molecule has 0 unspecified atom stereocenters. The molecule has 13 heavy (non-hydrogen) atoms. The van der Waals surface area contributed by atoms with Crippen molar-refractivity contribution in [2.75, 3.05) is 0 Å². The molecule has 2 aromatic rings. The summed E-state index contributed by atoms with van der Waals surface area (Å²) in [5.41, 5.74) is 1.15. The third-order valence-corrected chi connectivity index (χ3v) is 3.29. The molecule has 2 heterocycles. The first-order chi connectivity index (χ1) is 6.07. The molecule has 0 radical (unpaired) electrons. The highest BCUT2D eigenvalue weighted by Crippen LogP contribution is 2.30. The Morgan fingerprint density at radius 2 is 2.08 bits per heavy atom. The second-order valence-corrected chi connectivity index (χ2v) is 5.14. The molecule has 0 bridgehead atoms. The van der Waals surface area contributed by atoms with Crippen molar-refractivity contribution in [2.24, 2.45) is 0 Å². The maximum Gasteiger partial charge on any atom is 0.0998 e. The molecule has 0 saturated heterocycles. The Morgan fingerprint density at radius 1 is 1.31 bits per heavy atom. The van der Waals surface area contributed by atoms with Crippen LogP contribution in [0.15, 0.2) is 18.5 Å². The summed E-state index contributed by atoms with van der Waals surface area (Å²) in [4.78, 5) is 8.59. The summed E-state index contributed by atoms with van der Waals surface area (Å²) in [6.07, 6.45) is 3.63. The van der Waals surface area contributed by atoms with Gasteiger partial charge >= 0.3 is 0 Å². The molecule has 2 rings (SSSR count). The minimum absolute atomic E-state index is 0.143.